The van der Waals surface area contributed by atoms with Gasteiger partial charge in [-0.15, -0.1) is 0 Å². The number of benzene rings is 1. The molecule has 0 saturated heterocycles. The number of para-hydroxylation sites is 1. The predicted molar refractivity (Wildman–Crippen MR) is 119 cm³/mol. The minimum Gasteiger partial charge on any atom is -0.370 e. The third-order valence-electron chi connectivity index (χ3n) is 5.59. The highest BCUT2D eigenvalue weighted by Gasteiger charge is 2.34. The number of nitrogens with zero attached hydrogens (tertiary/aromatic N) is 2. The molecule has 0 aliphatic carbocycles. The van der Waals surface area contributed by atoms with Crippen molar-refractivity contribution in [3.8, 4) is 5.69 Å². The molecule has 0 unspecified atom stereocenters. The van der Waals surface area contributed by atoms with E-state index in [9.17, 15) is 4.79 Å². The smallest absolute Gasteiger partial charge is 0.264 e. The quantitative estimate of drug-likeness (QED) is 0.440. The molecule has 0 radical (unpaired) electrons. The average molecular weight is 410 g/mol. The highest BCUT2D eigenvalue weighted by molar-refractivity contribution is 7.99. The Balaban J connectivity index is 1.79. The predicted octanol–water partition coefficient (Wildman–Crippen LogP) is 4.71. The molecule has 1 aromatic carbocycles. The summed E-state index contributed by atoms with van der Waals surface area (Å²) >= 11 is 1.54. The van der Waals surface area contributed by atoms with Crippen LogP contribution in [-0.4, -0.2) is 27.5 Å². The number of hydrogen-bond donors (Lipinski definition) is 1. The summed E-state index contributed by atoms with van der Waals surface area (Å²) in [5.74, 6) is 1.40. The third-order valence-corrected chi connectivity index (χ3v) is 6.76. The Morgan fingerprint density at radius 3 is 2.83 bits per heavy atom. The average Bonchev–Trinajstić information content (AvgIpc) is 2.72. The van der Waals surface area contributed by atoms with E-state index in [0.29, 0.717) is 35.3 Å². The van der Waals surface area contributed by atoms with Crippen LogP contribution in [0.4, 0.5) is 5.82 Å². The van der Waals surface area contributed by atoms with Crippen molar-refractivity contribution >= 4 is 17.6 Å². The number of rotatable bonds is 5. The summed E-state index contributed by atoms with van der Waals surface area (Å²) < 4.78 is 7.82. The molecule has 1 atom stereocenters. The first kappa shape index (κ1) is 20.0. The van der Waals surface area contributed by atoms with Gasteiger partial charge in [0.05, 0.1) is 23.5 Å². The van der Waals surface area contributed by atoms with E-state index in [0.717, 1.165) is 35.4 Å². The van der Waals surface area contributed by atoms with Gasteiger partial charge in [0, 0.05) is 24.3 Å². The van der Waals surface area contributed by atoms with Gasteiger partial charge in [-0.2, -0.15) is 0 Å². The van der Waals surface area contributed by atoms with E-state index in [1.54, 1.807) is 16.3 Å². The number of hydrogen-bond acceptors (Lipinski definition) is 5. The molecule has 6 heteroatoms. The Labute approximate surface area is 175 Å². The minimum atomic E-state index is -0.167. The molecule has 2 aliphatic rings. The van der Waals surface area contributed by atoms with Crippen LogP contribution in [0, 0.1) is 0 Å². The molecule has 0 fully saturated rings. The molecule has 5 nitrogen and oxygen atoms in total. The summed E-state index contributed by atoms with van der Waals surface area (Å²) in [7, 11) is 0. The lowest BCUT2D eigenvalue weighted by Gasteiger charge is -2.38. The van der Waals surface area contributed by atoms with E-state index in [-0.39, 0.29) is 11.2 Å². The fourth-order valence-corrected chi connectivity index (χ4v) is 4.51. The normalized spacial score (nSPS) is 20.7. The summed E-state index contributed by atoms with van der Waals surface area (Å²) in [6.07, 6.45) is 2.35. The van der Waals surface area contributed by atoms with Crippen LogP contribution in [0.15, 0.2) is 63.7 Å². The number of ether oxygens (including phenoxy) is 1. The second kappa shape index (κ2) is 7.84. The van der Waals surface area contributed by atoms with Gasteiger partial charge in [-0.25, -0.2) is 4.98 Å². The molecule has 2 aliphatic heterocycles. The lowest BCUT2D eigenvalue weighted by molar-refractivity contribution is -0.0327. The summed E-state index contributed by atoms with van der Waals surface area (Å²) in [6.45, 7) is 10.8. The molecule has 152 valence electrons. The van der Waals surface area contributed by atoms with Gasteiger partial charge in [-0.3, -0.25) is 9.36 Å². The molecule has 1 N–H and O–H groups in total. The van der Waals surface area contributed by atoms with Gasteiger partial charge < -0.3 is 10.1 Å². The van der Waals surface area contributed by atoms with Crippen LogP contribution in [-0.2, 0) is 11.2 Å². The van der Waals surface area contributed by atoms with Crippen LogP contribution in [0.2, 0.25) is 0 Å². The second-order valence-electron chi connectivity index (χ2n) is 8.10. The Hall–Kier alpha value is -2.31. The number of anilines is 1. The monoisotopic (exact) mass is 409 g/mol. The van der Waals surface area contributed by atoms with Crippen LogP contribution in [0.5, 0.6) is 0 Å². The Kier molecular flexibility index (Phi) is 5.40. The molecule has 0 amide bonds. The summed E-state index contributed by atoms with van der Waals surface area (Å²) in [6, 6.07) is 9.71. The maximum absolute atomic E-state index is 13.5. The largest absolute Gasteiger partial charge is 0.370 e. The van der Waals surface area contributed by atoms with Crippen LogP contribution < -0.4 is 10.9 Å². The first-order valence-electron chi connectivity index (χ1n) is 10.0. The Morgan fingerprint density at radius 2 is 2.14 bits per heavy atom. The van der Waals surface area contributed by atoms with Crippen molar-refractivity contribution in [1.29, 1.82) is 0 Å². The fourth-order valence-electron chi connectivity index (χ4n) is 3.66. The van der Waals surface area contributed by atoms with Crippen molar-refractivity contribution in [1.82, 2.24) is 9.55 Å². The Morgan fingerprint density at radius 1 is 1.38 bits per heavy atom. The zero-order valence-corrected chi connectivity index (χ0v) is 18.1. The molecule has 3 heterocycles. The summed E-state index contributed by atoms with van der Waals surface area (Å²) in [5.41, 5.74) is 4.71. The van der Waals surface area contributed by atoms with Gasteiger partial charge in [0.15, 0.2) is 5.16 Å². The number of fused-ring (bicyclic) bond motifs is 1. The van der Waals surface area contributed by atoms with Gasteiger partial charge in [0.25, 0.3) is 5.56 Å². The van der Waals surface area contributed by atoms with Crippen molar-refractivity contribution in [2.24, 2.45) is 0 Å². The lowest BCUT2D eigenvalue weighted by atomic mass is 9.88. The molecule has 29 heavy (non-hydrogen) atoms. The van der Waals surface area contributed by atoms with Gasteiger partial charge >= 0.3 is 0 Å². The SMILES string of the molecule is C=C(C)CSc1nc2c(c(=O)n1-c1ccccc1)CC1=C(C[C@@](C)(CC)OC1)N2. The first-order chi connectivity index (χ1) is 13.9. The zero-order valence-electron chi connectivity index (χ0n) is 17.2. The van der Waals surface area contributed by atoms with Crippen molar-refractivity contribution in [3.63, 3.8) is 0 Å². The van der Waals surface area contributed by atoms with Crippen molar-refractivity contribution < 1.29 is 4.74 Å². The molecule has 0 spiro atoms. The van der Waals surface area contributed by atoms with Crippen molar-refractivity contribution in [2.45, 2.75) is 50.8 Å². The van der Waals surface area contributed by atoms with Crippen LogP contribution in [0.25, 0.3) is 5.69 Å². The molecule has 1 aromatic heterocycles. The second-order valence-corrected chi connectivity index (χ2v) is 9.04. The molecule has 4 rings (SSSR count). The van der Waals surface area contributed by atoms with E-state index >= 15 is 0 Å². The summed E-state index contributed by atoms with van der Waals surface area (Å²) in [5, 5.41) is 4.16. The molecule has 0 saturated carbocycles. The van der Waals surface area contributed by atoms with E-state index in [2.05, 4.69) is 25.7 Å². The van der Waals surface area contributed by atoms with Gasteiger partial charge in [-0.05, 0) is 38.0 Å². The summed E-state index contributed by atoms with van der Waals surface area (Å²) in [4.78, 5) is 18.4. The topological polar surface area (TPSA) is 56.2 Å². The lowest BCUT2D eigenvalue weighted by Crippen LogP contribution is -2.39. The molecule has 2 aromatic rings. The Bertz CT molecular complexity index is 1040. The van der Waals surface area contributed by atoms with Gasteiger partial charge in [-0.1, -0.05) is 49.0 Å². The zero-order chi connectivity index (χ0) is 20.6. The maximum atomic E-state index is 13.5. The number of aromatic nitrogens is 2. The standard InChI is InChI=1S/C23H27N3O2S/c1-5-23(4)12-19-16(13-28-23)11-18-20(24-19)25-22(29-14-15(2)3)26(21(18)27)17-9-7-6-8-10-17/h6-10,24H,2,5,11-14H2,1,3-4H3/t23-/m1/s1. The number of thioether (sulfide) groups is 1. The van der Waals surface area contributed by atoms with E-state index in [1.807, 2.05) is 37.3 Å². The van der Waals surface area contributed by atoms with E-state index in [1.165, 1.54) is 0 Å². The van der Waals surface area contributed by atoms with Crippen LogP contribution >= 0.6 is 11.8 Å². The van der Waals surface area contributed by atoms with Gasteiger partial charge in [0.1, 0.15) is 5.82 Å². The third kappa shape index (κ3) is 3.91. The van der Waals surface area contributed by atoms with Crippen LogP contribution in [0.1, 0.15) is 39.2 Å². The highest BCUT2D eigenvalue weighted by atomic mass is 32.2. The minimum absolute atomic E-state index is 0.0201. The van der Waals surface area contributed by atoms with Crippen molar-refractivity contribution in [2.75, 3.05) is 17.7 Å². The number of nitrogens with one attached hydrogen (secondary N) is 1. The highest BCUT2D eigenvalue weighted by Crippen LogP contribution is 2.37. The molecular weight excluding hydrogens is 382 g/mol. The van der Waals surface area contributed by atoms with E-state index < -0.39 is 0 Å². The molecule has 0 bridgehead atoms. The molecular formula is C23H27N3O2S. The van der Waals surface area contributed by atoms with E-state index in [4.69, 9.17) is 9.72 Å². The first-order valence-corrected chi connectivity index (χ1v) is 11.0. The van der Waals surface area contributed by atoms with Crippen LogP contribution in [0.3, 0.4) is 0 Å². The van der Waals surface area contributed by atoms with Crippen molar-refractivity contribution in [3.05, 3.63) is 69.7 Å². The maximum Gasteiger partial charge on any atom is 0.264 e. The fraction of sp³-hybridized carbons (Fsp3) is 0.391. The van der Waals surface area contributed by atoms with Gasteiger partial charge in [0.2, 0.25) is 0 Å².